The maximum absolute atomic E-state index is 13.5. The van der Waals surface area contributed by atoms with E-state index >= 15 is 0 Å². The van der Waals surface area contributed by atoms with Crippen LogP contribution in [-0.2, 0) is 26.6 Å². The molecule has 0 aliphatic carbocycles. The first kappa shape index (κ1) is 28.5. The van der Waals surface area contributed by atoms with Crippen molar-refractivity contribution in [2.24, 2.45) is 0 Å². The van der Waals surface area contributed by atoms with Crippen molar-refractivity contribution in [1.29, 1.82) is 0 Å². The number of hydrogen-bond acceptors (Lipinski definition) is 6. The third-order valence-electron chi connectivity index (χ3n) is 6.25. The molecule has 0 radical (unpaired) electrons. The summed E-state index contributed by atoms with van der Waals surface area (Å²) in [5.41, 5.74) is 2.30. The van der Waals surface area contributed by atoms with Gasteiger partial charge in [0, 0.05) is 17.4 Å². The van der Waals surface area contributed by atoms with Gasteiger partial charge in [0.15, 0.2) is 0 Å². The summed E-state index contributed by atoms with van der Waals surface area (Å²) in [4.78, 5) is 17.0. The monoisotopic (exact) mass is 598 g/mol. The van der Waals surface area contributed by atoms with Gasteiger partial charge in [0.25, 0.3) is 26.0 Å². The first-order valence-electron chi connectivity index (χ1n) is 12.8. The minimum atomic E-state index is -3.85. The van der Waals surface area contributed by atoms with Crippen LogP contribution in [0, 0.1) is 0 Å². The van der Waals surface area contributed by atoms with Gasteiger partial charge in [0.05, 0.1) is 33.9 Å². The van der Waals surface area contributed by atoms with Crippen LogP contribution < -0.4 is 14.3 Å². The predicted molar refractivity (Wildman–Crippen MR) is 162 cm³/mol. The highest BCUT2D eigenvalue weighted by Crippen LogP contribution is 2.26. The first-order chi connectivity index (χ1) is 20.2. The molecule has 42 heavy (non-hydrogen) atoms. The lowest BCUT2D eigenvalue weighted by molar-refractivity contribution is 0.102. The number of benzene rings is 4. The van der Waals surface area contributed by atoms with Crippen LogP contribution in [0.3, 0.4) is 0 Å². The number of pyridine rings is 1. The number of hydrogen-bond donors (Lipinski definition) is 2. The average molecular weight is 599 g/mol. The van der Waals surface area contributed by atoms with Crippen molar-refractivity contribution in [1.82, 2.24) is 4.98 Å². The smallest absolute Gasteiger partial charge is 0.264 e. The zero-order valence-electron chi connectivity index (χ0n) is 22.2. The molecule has 0 aliphatic rings. The molecular formula is C31H26N4O5S2. The maximum Gasteiger partial charge on any atom is 0.264 e. The largest absolute Gasteiger partial charge is 0.322 e. The van der Waals surface area contributed by atoms with Crippen molar-refractivity contribution in [2.45, 2.75) is 16.3 Å². The number of carbonyl (C=O) groups is 1. The van der Waals surface area contributed by atoms with Gasteiger partial charge in [-0.15, -0.1) is 0 Å². The molecule has 0 saturated heterocycles. The normalized spacial score (nSPS) is 11.4. The molecule has 1 aromatic heterocycles. The molecule has 5 aromatic rings. The van der Waals surface area contributed by atoms with E-state index in [2.05, 4.69) is 15.0 Å². The molecule has 9 nitrogen and oxygen atoms in total. The lowest BCUT2D eigenvalue weighted by Gasteiger charge is -2.25. The van der Waals surface area contributed by atoms with Gasteiger partial charge in [0.1, 0.15) is 0 Å². The van der Waals surface area contributed by atoms with E-state index in [1.807, 2.05) is 6.07 Å². The molecule has 4 aromatic carbocycles. The van der Waals surface area contributed by atoms with Crippen LogP contribution in [0.5, 0.6) is 0 Å². The summed E-state index contributed by atoms with van der Waals surface area (Å²) >= 11 is 0. The van der Waals surface area contributed by atoms with Crippen molar-refractivity contribution in [3.8, 4) is 0 Å². The van der Waals surface area contributed by atoms with E-state index in [0.717, 1.165) is 0 Å². The molecular weight excluding hydrogens is 572 g/mol. The number of carbonyl (C=O) groups excluding carboxylic acids is 1. The lowest BCUT2D eigenvalue weighted by atomic mass is 10.1. The molecule has 5 rings (SSSR count). The Morgan fingerprint density at radius 1 is 0.667 bits per heavy atom. The molecule has 212 valence electrons. The number of nitrogens with one attached hydrogen (secondary N) is 2. The van der Waals surface area contributed by atoms with Crippen molar-refractivity contribution < 1.29 is 21.6 Å². The summed E-state index contributed by atoms with van der Waals surface area (Å²) in [6.07, 6.45) is 2.94. The van der Waals surface area contributed by atoms with Crippen molar-refractivity contribution in [3.63, 3.8) is 0 Å². The fourth-order valence-electron chi connectivity index (χ4n) is 4.11. The third-order valence-corrected chi connectivity index (χ3v) is 9.44. The highest BCUT2D eigenvalue weighted by Gasteiger charge is 2.25. The molecule has 2 N–H and O–H groups in total. The van der Waals surface area contributed by atoms with Gasteiger partial charge in [-0.25, -0.2) is 16.8 Å². The summed E-state index contributed by atoms with van der Waals surface area (Å²) < 4.78 is 56.1. The highest BCUT2D eigenvalue weighted by molar-refractivity contribution is 7.93. The fourth-order valence-corrected chi connectivity index (χ4v) is 6.63. The van der Waals surface area contributed by atoms with E-state index in [1.165, 1.54) is 34.8 Å². The second-order valence-corrected chi connectivity index (χ2v) is 12.7. The van der Waals surface area contributed by atoms with Crippen molar-refractivity contribution in [3.05, 3.63) is 145 Å². The Kier molecular flexibility index (Phi) is 8.32. The second-order valence-electron chi connectivity index (χ2n) is 9.18. The first-order valence-corrected chi connectivity index (χ1v) is 15.7. The zero-order chi connectivity index (χ0) is 29.6. The molecule has 1 heterocycles. The molecule has 0 aliphatic heterocycles. The van der Waals surface area contributed by atoms with E-state index in [1.54, 1.807) is 97.2 Å². The average Bonchev–Trinajstić information content (AvgIpc) is 3.01. The summed E-state index contributed by atoms with van der Waals surface area (Å²) in [6, 6.07) is 32.6. The van der Waals surface area contributed by atoms with Crippen LogP contribution in [0.2, 0.25) is 0 Å². The third kappa shape index (κ3) is 6.65. The zero-order valence-corrected chi connectivity index (χ0v) is 23.8. The van der Waals surface area contributed by atoms with Crippen LogP contribution in [0.25, 0.3) is 0 Å². The van der Waals surface area contributed by atoms with Crippen LogP contribution in [-0.4, -0.2) is 27.7 Å². The number of para-hydroxylation sites is 1. The Morgan fingerprint density at radius 3 is 1.93 bits per heavy atom. The van der Waals surface area contributed by atoms with E-state index in [4.69, 9.17) is 0 Å². The maximum atomic E-state index is 13.5. The molecule has 0 fully saturated rings. The SMILES string of the molecule is O=C(Nc1ccc(S(=O)(=O)Nc2cccnc2)cc1)c1ccc(CN(c2ccccc2)S(=O)(=O)c2ccccc2)cc1. The van der Waals surface area contributed by atoms with Crippen LogP contribution in [0.15, 0.2) is 144 Å². The second kappa shape index (κ2) is 12.2. The standard InChI is InChI=1S/C31H26N4O5S2/c36-31(33-26-17-19-29(20-18-26)41(37,38)34-27-8-7-21-32-22-27)25-15-13-24(14-16-25)23-35(28-9-3-1-4-10-28)42(39,40)30-11-5-2-6-12-30/h1-22,34H,23H2,(H,33,36). The van der Waals surface area contributed by atoms with Crippen LogP contribution >= 0.6 is 0 Å². The molecule has 11 heteroatoms. The molecule has 1 amide bonds. The molecule has 0 atom stereocenters. The Labute approximate surface area is 244 Å². The summed E-state index contributed by atoms with van der Waals surface area (Å²) in [5.74, 6) is -0.400. The lowest BCUT2D eigenvalue weighted by Crippen LogP contribution is -2.30. The molecule has 0 unspecified atom stereocenters. The Bertz CT molecular complexity index is 1870. The summed E-state index contributed by atoms with van der Waals surface area (Å²) in [6.45, 7) is 0.0617. The van der Waals surface area contributed by atoms with Gasteiger partial charge >= 0.3 is 0 Å². The van der Waals surface area contributed by atoms with Gasteiger partial charge < -0.3 is 5.32 Å². The van der Waals surface area contributed by atoms with Gasteiger partial charge in [-0.1, -0.05) is 48.5 Å². The fraction of sp³-hybridized carbons (Fsp3) is 0.0323. The predicted octanol–water partition coefficient (Wildman–Crippen LogP) is 5.53. The van der Waals surface area contributed by atoms with Crippen LogP contribution in [0.4, 0.5) is 17.1 Å². The van der Waals surface area contributed by atoms with Crippen LogP contribution in [0.1, 0.15) is 15.9 Å². The van der Waals surface area contributed by atoms with E-state index in [0.29, 0.717) is 28.2 Å². The number of rotatable bonds is 10. The number of nitrogens with zero attached hydrogens (tertiary/aromatic N) is 2. The Hall–Kier alpha value is -5.00. The van der Waals surface area contributed by atoms with E-state index in [9.17, 15) is 21.6 Å². The number of sulfonamides is 2. The quantitative estimate of drug-likeness (QED) is 0.218. The number of aromatic nitrogens is 1. The van der Waals surface area contributed by atoms with Gasteiger partial charge in [-0.3, -0.25) is 18.8 Å². The molecule has 0 saturated carbocycles. The summed E-state index contributed by atoms with van der Waals surface area (Å²) in [7, 11) is -7.67. The van der Waals surface area contributed by atoms with Crippen molar-refractivity contribution in [2.75, 3.05) is 14.3 Å². The Balaban J connectivity index is 1.28. The molecule has 0 spiro atoms. The van der Waals surface area contributed by atoms with Gasteiger partial charge in [-0.05, 0) is 78.4 Å². The number of anilines is 3. The van der Waals surface area contributed by atoms with Crippen molar-refractivity contribution >= 4 is 43.0 Å². The minimum Gasteiger partial charge on any atom is -0.322 e. The Morgan fingerprint density at radius 2 is 1.31 bits per heavy atom. The van der Waals surface area contributed by atoms with E-state index < -0.39 is 26.0 Å². The van der Waals surface area contributed by atoms with Gasteiger partial charge in [0.2, 0.25) is 0 Å². The molecule has 0 bridgehead atoms. The highest BCUT2D eigenvalue weighted by atomic mass is 32.2. The topological polar surface area (TPSA) is 126 Å². The minimum absolute atomic E-state index is 0.0298. The summed E-state index contributed by atoms with van der Waals surface area (Å²) in [5, 5.41) is 2.75. The van der Waals surface area contributed by atoms with Gasteiger partial charge in [-0.2, -0.15) is 0 Å². The van der Waals surface area contributed by atoms with E-state index in [-0.39, 0.29) is 16.3 Å². The number of amides is 1.